The monoisotopic (exact) mass is 343 g/mol. The van der Waals surface area contributed by atoms with Crippen LogP contribution in [-0.2, 0) is 4.74 Å². The standard InChI is InChI=1S/C17H17N3O5/c21-12(7-6-10-4-2-1-3-5-10)15-13(22)14(23)17(25-15)20-16(24)11-8-18-9-19-11/h1-5,8-9,12-15,17,21-23H,(H,18,19)(H,20,24)/t12?,13-,14+,15+,17+/m0/s1. The highest BCUT2D eigenvalue weighted by Gasteiger charge is 2.46. The lowest BCUT2D eigenvalue weighted by molar-refractivity contribution is -0.0507. The highest BCUT2D eigenvalue weighted by Crippen LogP contribution is 2.22. The number of hydrogen-bond donors (Lipinski definition) is 5. The predicted octanol–water partition coefficient (Wildman–Crippen LogP) is -1.00. The molecule has 1 aromatic heterocycles. The molecule has 0 spiro atoms. The fourth-order valence-corrected chi connectivity index (χ4v) is 2.43. The lowest BCUT2D eigenvalue weighted by Crippen LogP contribution is -2.44. The third-order valence-corrected chi connectivity index (χ3v) is 3.75. The number of carbonyl (C=O) groups excluding carboxylic acids is 1. The minimum Gasteiger partial charge on any atom is -0.387 e. The Hall–Kier alpha value is -2.70. The van der Waals surface area contributed by atoms with E-state index >= 15 is 0 Å². The number of benzene rings is 1. The molecule has 1 saturated heterocycles. The van der Waals surface area contributed by atoms with Crippen molar-refractivity contribution in [3.8, 4) is 11.8 Å². The lowest BCUT2D eigenvalue weighted by Gasteiger charge is -2.16. The van der Waals surface area contributed by atoms with Crippen molar-refractivity contribution in [3.05, 3.63) is 54.1 Å². The van der Waals surface area contributed by atoms with Gasteiger partial charge in [0, 0.05) is 11.8 Å². The normalized spacial score (nSPS) is 26.5. The Morgan fingerprint density at radius 3 is 2.72 bits per heavy atom. The van der Waals surface area contributed by atoms with Crippen LogP contribution in [0.5, 0.6) is 0 Å². The number of imidazole rings is 1. The third-order valence-electron chi connectivity index (χ3n) is 3.75. The van der Waals surface area contributed by atoms with Gasteiger partial charge >= 0.3 is 0 Å². The number of H-pyrrole nitrogens is 1. The molecule has 0 bridgehead atoms. The van der Waals surface area contributed by atoms with E-state index in [1.54, 1.807) is 12.1 Å². The quantitative estimate of drug-likeness (QED) is 0.455. The first kappa shape index (κ1) is 17.1. The first-order valence-corrected chi connectivity index (χ1v) is 7.62. The van der Waals surface area contributed by atoms with E-state index in [2.05, 4.69) is 27.1 Å². The van der Waals surface area contributed by atoms with Crippen LogP contribution in [0.3, 0.4) is 0 Å². The zero-order chi connectivity index (χ0) is 17.8. The minimum absolute atomic E-state index is 0.109. The van der Waals surface area contributed by atoms with Crippen LogP contribution in [0.25, 0.3) is 0 Å². The number of ether oxygens (including phenoxy) is 1. The summed E-state index contributed by atoms with van der Waals surface area (Å²) in [5.41, 5.74) is 0.802. The Kier molecular flexibility index (Phi) is 5.11. The van der Waals surface area contributed by atoms with Gasteiger partial charge in [0.25, 0.3) is 5.91 Å². The first-order chi connectivity index (χ1) is 12.1. The van der Waals surface area contributed by atoms with Crippen LogP contribution in [0.15, 0.2) is 42.9 Å². The van der Waals surface area contributed by atoms with Gasteiger partial charge in [0.2, 0.25) is 0 Å². The van der Waals surface area contributed by atoms with Crippen LogP contribution in [0.4, 0.5) is 0 Å². The second-order valence-corrected chi connectivity index (χ2v) is 5.51. The number of rotatable bonds is 3. The van der Waals surface area contributed by atoms with E-state index < -0.39 is 36.6 Å². The summed E-state index contributed by atoms with van der Waals surface area (Å²) in [7, 11) is 0. The summed E-state index contributed by atoms with van der Waals surface area (Å²) in [6.45, 7) is 0. The maximum absolute atomic E-state index is 11.9. The van der Waals surface area contributed by atoms with Crippen LogP contribution in [-0.4, -0.2) is 61.8 Å². The second kappa shape index (κ2) is 7.46. The largest absolute Gasteiger partial charge is 0.387 e. The maximum atomic E-state index is 11.9. The SMILES string of the molecule is O=C(N[C@@H]1O[C@H](C(O)C#Cc2ccccc2)[C@@H](O)[C@H]1O)c1c[nH]cn1. The van der Waals surface area contributed by atoms with E-state index in [1.807, 2.05) is 18.2 Å². The molecule has 0 saturated carbocycles. The molecule has 5 N–H and O–H groups in total. The zero-order valence-corrected chi connectivity index (χ0v) is 13.0. The molecule has 5 atom stereocenters. The number of carbonyl (C=O) groups is 1. The summed E-state index contributed by atoms with van der Waals surface area (Å²) in [4.78, 5) is 18.4. The highest BCUT2D eigenvalue weighted by atomic mass is 16.6. The molecule has 0 aliphatic carbocycles. The van der Waals surface area contributed by atoms with Gasteiger partial charge in [-0.05, 0) is 12.1 Å². The molecule has 1 amide bonds. The highest BCUT2D eigenvalue weighted by molar-refractivity contribution is 5.92. The minimum atomic E-state index is -1.40. The van der Waals surface area contributed by atoms with Crippen molar-refractivity contribution in [2.45, 2.75) is 30.6 Å². The Morgan fingerprint density at radius 2 is 2.04 bits per heavy atom. The summed E-state index contributed by atoms with van der Waals surface area (Å²) < 4.78 is 5.38. The van der Waals surface area contributed by atoms with Crippen molar-refractivity contribution in [1.82, 2.24) is 15.3 Å². The van der Waals surface area contributed by atoms with Gasteiger partial charge in [0.05, 0.1) is 6.33 Å². The molecule has 3 rings (SSSR count). The van der Waals surface area contributed by atoms with Gasteiger partial charge in [-0.15, -0.1) is 0 Å². The van der Waals surface area contributed by atoms with Crippen LogP contribution < -0.4 is 5.32 Å². The fraction of sp³-hybridized carbons (Fsp3) is 0.294. The fourth-order valence-electron chi connectivity index (χ4n) is 2.43. The molecule has 8 heteroatoms. The van der Waals surface area contributed by atoms with Crippen molar-refractivity contribution >= 4 is 5.91 Å². The van der Waals surface area contributed by atoms with Crippen LogP contribution in [0, 0.1) is 11.8 Å². The van der Waals surface area contributed by atoms with Crippen molar-refractivity contribution in [1.29, 1.82) is 0 Å². The zero-order valence-electron chi connectivity index (χ0n) is 13.0. The van der Waals surface area contributed by atoms with E-state index in [0.717, 1.165) is 0 Å². The molecule has 1 aromatic carbocycles. The number of nitrogens with zero attached hydrogens (tertiary/aromatic N) is 1. The topological polar surface area (TPSA) is 128 Å². The van der Waals surface area contributed by atoms with Gasteiger partial charge in [0.1, 0.15) is 30.1 Å². The molecule has 2 aromatic rings. The molecule has 25 heavy (non-hydrogen) atoms. The van der Waals surface area contributed by atoms with E-state index in [-0.39, 0.29) is 5.69 Å². The first-order valence-electron chi connectivity index (χ1n) is 7.62. The third kappa shape index (κ3) is 3.87. The average Bonchev–Trinajstić information content (AvgIpc) is 3.25. The van der Waals surface area contributed by atoms with Gasteiger partial charge in [-0.3, -0.25) is 4.79 Å². The van der Waals surface area contributed by atoms with Crippen LogP contribution in [0.2, 0.25) is 0 Å². The van der Waals surface area contributed by atoms with Gasteiger partial charge in [-0.1, -0.05) is 30.0 Å². The summed E-state index contributed by atoms with van der Waals surface area (Å²) in [6, 6.07) is 9.00. The number of aromatic amines is 1. The van der Waals surface area contributed by atoms with Crippen molar-refractivity contribution in [3.63, 3.8) is 0 Å². The molecular formula is C17H17N3O5. The van der Waals surface area contributed by atoms with Crippen LogP contribution in [0.1, 0.15) is 16.1 Å². The summed E-state index contributed by atoms with van der Waals surface area (Å²) in [5, 5.41) is 32.6. The predicted molar refractivity (Wildman–Crippen MR) is 86.1 cm³/mol. The number of hydrogen-bond acceptors (Lipinski definition) is 6. The molecule has 2 heterocycles. The maximum Gasteiger partial charge on any atom is 0.273 e. The van der Waals surface area contributed by atoms with E-state index in [1.165, 1.54) is 12.5 Å². The van der Waals surface area contributed by atoms with Gasteiger partial charge in [0.15, 0.2) is 6.23 Å². The Labute approximate surface area is 143 Å². The Bertz CT molecular complexity index is 769. The lowest BCUT2D eigenvalue weighted by atomic mass is 10.1. The molecule has 130 valence electrons. The number of aliphatic hydroxyl groups excluding tert-OH is 3. The second-order valence-electron chi connectivity index (χ2n) is 5.51. The number of aliphatic hydroxyl groups is 3. The van der Waals surface area contributed by atoms with E-state index in [0.29, 0.717) is 5.56 Å². The Morgan fingerprint density at radius 1 is 1.28 bits per heavy atom. The van der Waals surface area contributed by atoms with Crippen molar-refractivity contribution in [2.75, 3.05) is 0 Å². The summed E-state index contributed by atoms with van der Waals surface area (Å²) in [6.07, 6.45) is -3.76. The van der Waals surface area contributed by atoms with Crippen molar-refractivity contribution < 1.29 is 24.9 Å². The smallest absolute Gasteiger partial charge is 0.273 e. The molecule has 8 nitrogen and oxygen atoms in total. The number of amides is 1. The van der Waals surface area contributed by atoms with Gasteiger partial charge < -0.3 is 30.4 Å². The Balaban J connectivity index is 1.65. The van der Waals surface area contributed by atoms with E-state index in [9.17, 15) is 20.1 Å². The van der Waals surface area contributed by atoms with Crippen molar-refractivity contribution in [2.24, 2.45) is 0 Å². The van der Waals surface area contributed by atoms with Gasteiger partial charge in [-0.25, -0.2) is 4.98 Å². The summed E-state index contributed by atoms with van der Waals surface area (Å²) >= 11 is 0. The molecule has 1 fully saturated rings. The summed E-state index contributed by atoms with van der Waals surface area (Å²) in [5.74, 6) is 4.75. The number of aromatic nitrogens is 2. The van der Waals surface area contributed by atoms with E-state index in [4.69, 9.17) is 4.74 Å². The van der Waals surface area contributed by atoms with Crippen LogP contribution >= 0.6 is 0 Å². The molecule has 1 aliphatic heterocycles. The molecule has 1 aliphatic rings. The molecule has 1 unspecified atom stereocenters. The molecule has 0 radical (unpaired) electrons. The average molecular weight is 343 g/mol. The number of nitrogens with one attached hydrogen (secondary N) is 2. The van der Waals surface area contributed by atoms with Gasteiger partial charge in [-0.2, -0.15) is 0 Å². The molecular weight excluding hydrogens is 326 g/mol.